The lowest BCUT2D eigenvalue weighted by atomic mass is 9.98. The number of benzene rings is 2. The molecule has 2 heteroatoms. The van der Waals surface area contributed by atoms with Gasteiger partial charge in [-0.15, -0.1) is 0 Å². The van der Waals surface area contributed by atoms with Crippen molar-refractivity contribution in [2.75, 3.05) is 0 Å². The molecule has 1 nitrogen and oxygen atoms in total. The van der Waals surface area contributed by atoms with Crippen molar-refractivity contribution in [3.63, 3.8) is 0 Å². The van der Waals surface area contributed by atoms with Crippen molar-refractivity contribution in [1.82, 2.24) is 0 Å². The third kappa shape index (κ3) is 3.12. The first-order chi connectivity index (χ1) is 8.70. The van der Waals surface area contributed by atoms with Gasteiger partial charge in [-0.2, -0.15) is 0 Å². The third-order valence-corrected chi connectivity index (χ3v) is 3.32. The van der Waals surface area contributed by atoms with Gasteiger partial charge >= 0.3 is 0 Å². The van der Waals surface area contributed by atoms with E-state index in [0.717, 1.165) is 22.6 Å². The Labute approximate surface area is 114 Å². The smallest absolute Gasteiger partial charge is 0.0552 e. The summed E-state index contributed by atoms with van der Waals surface area (Å²) in [6.45, 7) is 2.19. The maximum Gasteiger partial charge on any atom is 0.0552 e. The largest absolute Gasteiger partial charge is 0.320 e. The Bertz CT molecular complexity index is 505. The van der Waals surface area contributed by atoms with Crippen molar-refractivity contribution < 1.29 is 0 Å². The molecule has 18 heavy (non-hydrogen) atoms. The summed E-state index contributed by atoms with van der Waals surface area (Å²) < 4.78 is 0. The van der Waals surface area contributed by atoms with E-state index in [1.165, 1.54) is 12.0 Å². The second kappa shape index (κ2) is 6.03. The van der Waals surface area contributed by atoms with Crippen LogP contribution in [0.2, 0.25) is 5.02 Å². The zero-order chi connectivity index (χ0) is 13.0. The lowest BCUT2D eigenvalue weighted by Crippen LogP contribution is -2.11. The predicted octanol–water partition coefficient (Wildman–Crippen LogP) is 4.34. The van der Waals surface area contributed by atoms with Gasteiger partial charge in [0.1, 0.15) is 0 Å². The van der Waals surface area contributed by atoms with Gasteiger partial charge in [-0.25, -0.2) is 0 Å². The van der Waals surface area contributed by atoms with Crippen LogP contribution in [-0.2, 0) is 6.42 Å². The number of halogens is 1. The number of nitrogens with two attached hydrogens (primary N) is 1. The fourth-order valence-electron chi connectivity index (χ4n) is 2.07. The van der Waals surface area contributed by atoms with Gasteiger partial charge in [0, 0.05) is 5.02 Å². The molecule has 2 aromatic rings. The molecule has 0 radical (unpaired) electrons. The van der Waals surface area contributed by atoms with E-state index in [4.69, 9.17) is 17.3 Å². The van der Waals surface area contributed by atoms with Crippen LogP contribution in [0.25, 0.3) is 0 Å². The maximum absolute atomic E-state index is 6.25. The third-order valence-electron chi connectivity index (χ3n) is 3.09. The average Bonchev–Trinajstić information content (AvgIpc) is 2.39. The minimum absolute atomic E-state index is 0.112. The Kier molecular flexibility index (Phi) is 4.40. The molecule has 2 aromatic carbocycles. The summed E-state index contributed by atoms with van der Waals surface area (Å²) >= 11 is 5.99. The van der Waals surface area contributed by atoms with Gasteiger partial charge in [-0.3, -0.25) is 0 Å². The number of hydrogen-bond donors (Lipinski definition) is 1. The second-order valence-electron chi connectivity index (χ2n) is 4.52. The Balaban J connectivity index is 2.20. The molecular weight excluding hydrogens is 242 g/mol. The molecule has 0 saturated carbocycles. The Morgan fingerprint density at radius 1 is 1.06 bits per heavy atom. The van der Waals surface area contributed by atoms with E-state index < -0.39 is 0 Å². The first-order valence-electron chi connectivity index (χ1n) is 6.30. The monoisotopic (exact) mass is 259 g/mol. The molecule has 1 unspecified atom stereocenters. The summed E-state index contributed by atoms with van der Waals surface area (Å²) in [5.74, 6) is 0. The zero-order valence-electron chi connectivity index (χ0n) is 10.6. The summed E-state index contributed by atoms with van der Waals surface area (Å²) in [7, 11) is 0. The van der Waals surface area contributed by atoms with Gasteiger partial charge in [0.05, 0.1) is 6.04 Å². The fourth-order valence-corrected chi connectivity index (χ4v) is 2.27. The minimum atomic E-state index is -0.112. The molecule has 0 amide bonds. The van der Waals surface area contributed by atoms with Crippen molar-refractivity contribution in [2.45, 2.75) is 25.8 Å². The fraction of sp³-hybridized carbons (Fsp3) is 0.250. The Morgan fingerprint density at radius 3 is 2.39 bits per heavy atom. The predicted molar refractivity (Wildman–Crippen MR) is 77.9 cm³/mol. The molecule has 0 aliphatic rings. The zero-order valence-corrected chi connectivity index (χ0v) is 11.3. The van der Waals surface area contributed by atoms with Crippen molar-refractivity contribution in [3.8, 4) is 0 Å². The van der Waals surface area contributed by atoms with Crippen LogP contribution in [0.5, 0.6) is 0 Å². The second-order valence-corrected chi connectivity index (χ2v) is 4.96. The van der Waals surface area contributed by atoms with Gasteiger partial charge in [0.15, 0.2) is 0 Å². The van der Waals surface area contributed by atoms with E-state index in [0.29, 0.717) is 0 Å². The molecule has 0 aromatic heterocycles. The van der Waals surface area contributed by atoms with Crippen LogP contribution in [0.4, 0.5) is 0 Å². The van der Waals surface area contributed by atoms with Crippen LogP contribution in [0, 0.1) is 0 Å². The molecule has 0 spiro atoms. The Hall–Kier alpha value is -1.31. The van der Waals surface area contributed by atoms with E-state index in [-0.39, 0.29) is 6.04 Å². The summed E-state index contributed by atoms with van der Waals surface area (Å²) in [5, 5.41) is 0.727. The van der Waals surface area contributed by atoms with Crippen molar-refractivity contribution in [1.29, 1.82) is 0 Å². The quantitative estimate of drug-likeness (QED) is 0.868. The van der Waals surface area contributed by atoms with Crippen molar-refractivity contribution >= 4 is 11.6 Å². The highest BCUT2D eigenvalue weighted by Crippen LogP contribution is 2.22. The van der Waals surface area contributed by atoms with Crippen LogP contribution in [-0.4, -0.2) is 0 Å². The number of hydrogen-bond acceptors (Lipinski definition) is 1. The standard InChI is InChI=1S/C16H18ClN/c1-2-4-12-7-9-13(10-8-12)16(18)14-5-3-6-15(17)11-14/h3,5-11,16H,2,4,18H2,1H3. The molecule has 94 valence electrons. The van der Waals surface area contributed by atoms with Gasteiger partial charge in [0.2, 0.25) is 0 Å². The first kappa shape index (κ1) is 13.1. The number of rotatable bonds is 4. The normalized spacial score (nSPS) is 12.4. The van der Waals surface area contributed by atoms with Crippen molar-refractivity contribution in [2.24, 2.45) is 5.73 Å². The molecule has 2 N–H and O–H groups in total. The van der Waals surface area contributed by atoms with E-state index in [2.05, 4.69) is 31.2 Å². The van der Waals surface area contributed by atoms with Crippen LogP contribution in [0.1, 0.15) is 36.1 Å². The van der Waals surface area contributed by atoms with Crippen LogP contribution in [0.15, 0.2) is 48.5 Å². The van der Waals surface area contributed by atoms with E-state index in [1.807, 2.05) is 24.3 Å². The first-order valence-corrected chi connectivity index (χ1v) is 6.68. The molecule has 0 aliphatic heterocycles. The van der Waals surface area contributed by atoms with Gasteiger partial charge in [0.25, 0.3) is 0 Å². The summed E-state index contributed by atoms with van der Waals surface area (Å²) in [5.41, 5.74) is 9.78. The highest BCUT2D eigenvalue weighted by atomic mass is 35.5. The number of aryl methyl sites for hydroxylation is 1. The minimum Gasteiger partial charge on any atom is -0.320 e. The molecule has 0 saturated heterocycles. The van der Waals surface area contributed by atoms with E-state index in [9.17, 15) is 0 Å². The van der Waals surface area contributed by atoms with Gasteiger partial charge < -0.3 is 5.73 Å². The molecule has 0 heterocycles. The van der Waals surface area contributed by atoms with Crippen LogP contribution < -0.4 is 5.73 Å². The van der Waals surface area contributed by atoms with Gasteiger partial charge in [-0.1, -0.05) is 61.3 Å². The van der Waals surface area contributed by atoms with Crippen LogP contribution >= 0.6 is 11.6 Å². The lowest BCUT2D eigenvalue weighted by Gasteiger charge is -2.13. The molecule has 0 bridgehead atoms. The van der Waals surface area contributed by atoms with Gasteiger partial charge in [-0.05, 0) is 35.2 Å². The Morgan fingerprint density at radius 2 is 1.78 bits per heavy atom. The average molecular weight is 260 g/mol. The summed E-state index contributed by atoms with van der Waals surface area (Å²) in [6.07, 6.45) is 2.28. The molecule has 2 rings (SSSR count). The van der Waals surface area contributed by atoms with Crippen molar-refractivity contribution in [3.05, 3.63) is 70.2 Å². The van der Waals surface area contributed by atoms with E-state index >= 15 is 0 Å². The maximum atomic E-state index is 6.25. The summed E-state index contributed by atoms with van der Waals surface area (Å²) in [6, 6.07) is 16.1. The molecule has 1 atom stereocenters. The SMILES string of the molecule is CCCc1ccc(C(N)c2cccc(Cl)c2)cc1. The molecule has 0 fully saturated rings. The highest BCUT2D eigenvalue weighted by Gasteiger charge is 2.08. The molecular formula is C16H18ClN. The molecule has 0 aliphatic carbocycles. The highest BCUT2D eigenvalue weighted by molar-refractivity contribution is 6.30. The van der Waals surface area contributed by atoms with Crippen LogP contribution in [0.3, 0.4) is 0 Å². The van der Waals surface area contributed by atoms with E-state index in [1.54, 1.807) is 0 Å². The lowest BCUT2D eigenvalue weighted by molar-refractivity contribution is 0.865. The topological polar surface area (TPSA) is 26.0 Å². The summed E-state index contributed by atoms with van der Waals surface area (Å²) in [4.78, 5) is 0.